The Morgan fingerprint density at radius 2 is 2.27 bits per heavy atom. The molecule has 4 nitrogen and oxygen atoms in total. The molecule has 0 fully saturated rings. The minimum Gasteiger partial charge on any atom is -0.477 e. The first-order valence-electron chi connectivity index (χ1n) is 4.39. The molecule has 1 heterocycles. The van der Waals surface area contributed by atoms with Crippen LogP contribution in [-0.2, 0) is 9.63 Å². The maximum atomic E-state index is 10.6. The van der Waals surface area contributed by atoms with Gasteiger partial charge in [0.25, 0.3) is 0 Å². The molecule has 1 atom stereocenters. The highest BCUT2D eigenvalue weighted by atomic mass is 79.9. The zero-order valence-corrected chi connectivity index (χ0v) is 9.27. The topological polar surface area (TPSA) is 58.9 Å². The fourth-order valence-electron chi connectivity index (χ4n) is 1.41. The molecule has 1 aliphatic rings. The molecule has 78 valence electrons. The molecule has 0 radical (unpaired) electrons. The Labute approximate surface area is 94.7 Å². The molecule has 1 aromatic rings. The Bertz CT molecular complexity index is 430. The van der Waals surface area contributed by atoms with E-state index < -0.39 is 5.97 Å². The van der Waals surface area contributed by atoms with Gasteiger partial charge in [0.1, 0.15) is 0 Å². The molecule has 5 heteroatoms. The molecule has 1 unspecified atom stereocenters. The SMILES string of the molecule is O=C(O)C1=NOC(c2ccccc2Br)C1. The van der Waals surface area contributed by atoms with Crippen molar-refractivity contribution >= 4 is 27.6 Å². The minimum absolute atomic E-state index is 0.0655. The maximum Gasteiger partial charge on any atom is 0.353 e. The van der Waals surface area contributed by atoms with Gasteiger partial charge in [0, 0.05) is 16.5 Å². The molecule has 1 N–H and O–H groups in total. The van der Waals surface area contributed by atoms with Gasteiger partial charge in [-0.1, -0.05) is 39.3 Å². The predicted octanol–water partition coefficient (Wildman–Crippen LogP) is 2.35. The van der Waals surface area contributed by atoms with Crippen LogP contribution in [0.5, 0.6) is 0 Å². The van der Waals surface area contributed by atoms with E-state index in [0.29, 0.717) is 6.42 Å². The number of carboxylic acids is 1. The number of oxime groups is 1. The average Bonchev–Trinajstić information content (AvgIpc) is 2.67. The lowest BCUT2D eigenvalue weighted by Gasteiger charge is -2.09. The van der Waals surface area contributed by atoms with E-state index >= 15 is 0 Å². The number of carboxylic acid groups (broad SMARTS) is 1. The van der Waals surface area contributed by atoms with E-state index in [1.54, 1.807) is 0 Å². The maximum absolute atomic E-state index is 10.6. The number of carbonyl (C=O) groups is 1. The number of hydrogen-bond acceptors (Lipinski definition) is 3. The third-order valence-electron chi connectivity index (χ3n) is 2.17. The van der Waals surface area contributed by atoms with Gasteiger partial charge in [0.15, 0.2) is 11.8 Å². The van der Waals surface area contributed by atoms with Crippen LogP contribution < -0.4 is 0 Å². The molecule has 0 aromatic heterocycles. The smallest absolute Gasteiger partial charge is 0.353 e. The number of aliphatic carboxylic acids is 1. The third-order valence-corrected chi connectivity index (χ3v) is 2.89. The summed E-state index contributed by atoms with van der Waals surface area (Å²) in [6, 6.07) is 7.54. The van der Waals surface area contributed by atoms with Gasteiger partial charge in [0.2, 0.25) is 0 Å². The molecule has 0 bridgehead atoms. The summed E-state index contributed by atoms with van der Waals surface area (Å²) < 4.78 is 0.900. The van der Waals surface area contributed by atoms with Crippen molar-refractivity contribution < 1.29 is 14.7 Å². The Morgan fingerprint density at radius 1 is 1.53 bits per heavy atom. The number of nitrogens with zero attached hydrogens (tertiary/aromatic N) is 1. The van der Waals surface area contributed by atoms with Crippen molar-refractivity contribution in [1.82, 2.24) is 0 Å². The van der Waals surface area contributed by atoms with Crippen molar-refractivity contribution in [1.29, 1.82) is 0 Å². The van der Waals surface area contributed by atoms with Crippen LogP contribution >= 0.6 is 15.9 Å². The summed E-state index contributed by atoms with van der Waals surface area (Å²) in [6.45, 7) is 0. The van der Waals surface area contributed by atoms with E-state index in [2.05, 4.69) is 21.1 Å². The largest absolute Gasteiger partial charge is 0.477 e. The molecule has 0 aliphatic carbocycles. The first kappa shape index (κ1) is 10.2. The molecule has 0 spiro atoms. The lowest BCUT2D eigenvalue weighted by Crippen LogP contribution is -2.11. The first-order chi connectivity index (χ1) is 7.18. The van der Waals surface area contributed by atoms with Crippen LogP contribution in [0, 0.1) is 0 Å². The standard InChI is InChI=1S/C10H8BrNO3/c11-7-4-2-1-3-6(7)9-5-8(10(13)14)12-15-9/h1-4,9H,5H2,(H,13,14). The lowest BCUT2D eigenvalue weighted by molar-refractivity contribution is -0.129. The third kappa shape index (κ3) is 2.02. The predicted molar refractivity (Wildman–Crippen MR) is 57.7 cm³/mol. The second kappa shape index (κ2) is 4.02. The fourth-order valence-corrected chi connectivity index (χ4v) is 1.95. The van der Waals surface area contributed by atoms with E-state index in [4.69, 9.17) is 9.94 Å². The molecule has 0 amide bonds. The molecular formula is C10H8BrNO3. The summed E-state index contributed by atoms with van der Waals surface area (Å²) in [7, 11) is 0. The zero-order valence-electron chi connectivity index (χ0n) is 7.68. The van der Waals surface area contributed by atoms with Crippen molar-refractivity contribution in [3.8, 4) is 0 Å². The summed E-state index contributed by atoms with van der Waals surface area (Å²) in [4.78, 5) is 15.7. The number of hydrogen-bond donors (Lipinski definition) is 1. The number of rotatable bonds is 2. The molecule has 1 aromatic carbocycles. The summed E-state index contributed by atoms with van der Waals surface area (Å²) in [5.41, 5.74) is 0.980. The van der Waals surface area contributed by atoms with Crippen molar-refractivity contribution in [2.24, 2.45) is 5.16 Å². The van der Waals surface area contributed by atoms with Gasteiger partial charge in [-0.05, 0) is 6.07 Å². The summed E-state index contributed by atoms with van der Waals surface area (Å²) in [5, 5.41) is 12.3. The number of benzene rings is 1. The van der Waals surface area contributed by atoms with Gasteiger partial charge < -0.3 is 9.94 Å². The van der Waals surface area contributed by atoms with Crippen LogP contribution in [0.4, 0.5) is 0 Å². The van der Waals surface area contributed by atoms with Crippen molar-refractivity contribution in [3.05, 3.63) is 34.3 Å². The van der Waals surface area contributed by atoms with Crippen molar-refractivity contribution in [2.75, 3.05) is 0 Å². The summed E-state index contributed by atoms with van der Waals surface area (Å²) >= 11 is 3.38. The van der Waals surface area contributed by atoms with Crippen LogP contribution in [0.2, 0.25) is 0 Å². The minimum atomic E-state index is -1.02. The Kier molecular flexibility index (Phi) is 2.73. The van der Waals surface area contributed by atoms with Crippen molar-refractivity contribution in [2.45, 2.75) is 12.5 Å². The molecule has 15 heavy (non-hydrogen) atoms. The average molecular weight is 270 g/mol. The van der Waals surface area contributed by atoms with Gasteiger partial charge in [-0.15, -0.1) is 0 Å². The molecular weight excluding hydrogens is 262 g/mol. The molecule has 2 rings (SSSR count). The van der Waals surface area contributed by atoms with E-state index in [0.717, 1.165) is 10.0 Å². The highest BCUT2D eigenvalue weighted by molar-refractivity contribution is 9.10. The van der Waals surface area contributed by atoms with Gasteiger partial charge in [-0.3, -0.25) is 0 Å². The van der Waals surface area contributed by atoms with E-state index in [9.17, 15) is 4.79 Å². The Morgan fingerprint density at radius 3 is 2.87 bits per heavy atom. The highest BCUT2D eigenvalue weighted by Gasteiger charge is 2.28. The van der Waals surface area contributed by atoms with Crippen LogP contribution in [0.1, 0.15) is 18.1 Å². The van der Waals surface area contributed by atoms with E-state index in [1.807, 2.05) is 24.3 Å². The van der Waals surface area contributed by atoms with E-state index in [-0.39, 0.29) is 11.8 Å². The van der Waals surface area contributed by atoms with Crippen molar-refractivity contribution in [3.63, 3.8) is 0 Å². The molecule has 0 saturated heterocycles. The zero-order chi connectivity index (χ0) is 10.8. The number of halogens is 1. The van der Waals surface area contributed by atoms with Crippen LogP contribution in [0.3, 0.4) is 0 Å². The molecule has 0 saturated carbocycles. The lowest BCUT2D eigenvalue weighted by atomic mass is 10.0. The second-order valence-corrected chi connectivity index (χ2v) is 4.02. The normalized spacial score (nSPS) is 19.5. The Balaban J connectivity index is 2.17. The highest BCUT2D eigenvalue weighted by Crippen LogP contribution is 2.32. The van der Waals surface area contributed by atoms with E-state index in [1.165, 1.54) is 0 Å². The first-order valence-corrected chi connectivity index (χ1v) is 5.18. The Hall–Kier alpha value is -1.36. The monoisotopic (exact) mass is 269 g/mol. The van der Waals surface area contributed by atoms with Gasteiger partial charge in [-0.2, -0.15) is 0 Å². The van der Waals surface area contributed by atoms with Crippen LogP contribution in [-0.4, -0.2) is 16.8 Å². The summed E-state index contributed by atoms with van der Waals surface area (Å²) in [5.74, 6) is -1.02. The van der Waals surface area contributed by atoms with Crippen LogP contribution in [0.25, 0.3) is 0 Å². The van der Waals surface area contributed by atoms with Crippen LogP contribution in [0.15, 0.2) is 33.9 Å². The van der Waals surface area contributed by atoms with Gasteiger partial charge >= 0.3 is 5.97 Å². The quantitative estimate of drug-likeness (QED) is 0.897. The van der Waals surface area contributed by atoms with Gasteiger partial charge in [0.05, 0.1) is 0 Å². The second-order valence-electron chi connectivity index (χ2n) is 3.16. The fraction of sp³-hybridized carbons (Fsp3) is 0.200. The van der Waals surface area contributed by atoms with Gasteiger partial charge in [-0.25, -0.2) is 4.79 Å². The molecule has 1 aliphatic heterocycles. The summed E-state index contributed by atoms with van der Waals surface area (Å²) in [6.07, 6.45) is 0.00414.